The van der Waals surface area contributed by atoms with E-state index >= 15 is 0 Å². The van der Waals surface area contributed by atoms with E-state index in [2.05, 4.69) is 44.9 Å². The highest BCUT2D eigenvalue weighted by molar-refractivity contribution is 8.00. The number of nitrogens with zero attached hydrogens (tertiary/aromatic N) is 5. The van der Waals surface area contributed by atoms with E-state index in [0.29, 0.717) is 24.3 Å². The van der Waals surface area contributed by atoms with E-state index in [1.165, 1.54) is 12.1 Å². The normalized spacial score (nSPS) is 23.3. The number of rotatable bonds is 7. The van der Waals surface area contributed by atoms with Gasteiger partial charge in [-0.1, -0.05) is 25.0 Å². The molecule has 1 saturated heterocycles. The van der Waals surface area contributed by atoms with E-state index in [4.69, 9.17) is 5.10 Å². The second-order valence-corrected chi connectivity index (χ2v) is 15.5. The van der Waals surface area contributed by atoms with Gasteiger partial charge in [-0.2, -0.15) is 10.4 Å². The maximum Gasteiger partial charge on any atom is 0.225 e. The monoisotopic (exact) mass is 604 g/mol. The Balaban J connectivity index is 1.31. The molecule has 0 unspecified atom stereocenters. The van der Waals surface area contributed by atoms with Crippen molar-refractivity contribution in [3.63, 3.8) is 0 Å². The van der Waals surface area contributed by atoms with E-state index < -0.39 is 15.6 Å². The van der Waals surface area contributed by atoms with Crippen LogP contribution in [-0.2, 0) is 14.9 Å². The Morgan fingerprint density at radius 3 is 2.37 bits per heavy atom. The van der Waals surface area contributed by atoms with Gasteiger partial charge in [-0.15, -0.1) is 10.1 Å². The summed E-state index contributed by atoms with van der Waals surface area (Å²) in [6.45, 7) is 5.59. The van der Waals surface area contributed by atoms with Crippen molar-refractivity contribution < 1.29 is 13.7 Å². The molecule has 3 aliphatic rings. The van der Waals surface area contributed by atoms with E-state index in [0.717, 1.165) is 67.0 Å². The average molecular weight is 605 g/mol. The summed E-state index contributed by atoms with van der Waals surface area (Å²) in [5.41, 5.74) is 3.97. The molecule has 228 valence electrons. The van der Waals surface area contributed by atoms with Crippen LogP contribution in [0.2, 0.25) is 0 Å². The lowest BCUT2D eigenvalue weighted by Crippen LogP contribution is -2.43. The van der Waals surface area contributed by atoms with E-state index in [1.54, 1.807) is 16.8 Å². The minimum atomic E-state index is -2.21. The number of halogens is 1. The smallest absolute Gasteiger partial charge is 0.225 e. The van der Waals surface area contributed by atoms with Gasteiger partial charge in [0.1, 0.15) is 11.4 Å². The maximum absolute atomic E-state index is 13.7. The van der Waals surface area contributed by atoms with Crippen LogP contribution >= 0.6 is 0 Å². The van der Waals surface area contributed by atoms with Crippen molar-refractivity contribution in [3.05, 3.63) is 66.2 Å². The number of hydrogen-bond acceptors (Lipinski definition) is 5. The molecule has 2 heterocycles. The van der Waals surface area contributed by atoms with Gasteiger partial charge in [0.15, 0.2) is 0 Å². The molecule has 0 radical (unpaired) electrons. The fourth-order valence-corrected chi connectivity index (χ4v) is 8.98. The predicted molar refractivity (Wildman–Crippen MR) is 170 cm³/mol. The topological polar surface area (TPSA) is 107 Å². The molecule has 2 N–H and O–H groups in total. The Bertz CT molecular complexity index is 1560. The van der Waals surface area contributed by atoms with Crippen molar-refractivity contribution in [1.82, 2.24) is 15.1 Å². The molecular weight excluding hydrogens is 563 g/mol. The van der Waals surface area contributed by atoms with Gasteiger partial charge in [-0.3, -0.25) is 9.16 Å². The number of nitrogens with one attached hydrogen (secondary N) is 1. The Labute approximate surface area is 254 Å². The van der Waals surface area contributed by atoms with E-state index in [9.17, 15) is 19.0 Å². The zero-order valence-corrected chi connectivity index (χ0v) is 25.8. The molecule has 3 aromatic rings. The maximum atomic E-state index is 13.7. The molecule has 2 atom stereocenters. The van der Waals surface area contributed by atoms with Gasteiger partial charge in [-0.25, -0.2) is 9.07 Å². The first-order valence-corrected chi connectivity index (χ1v) is 17.5. The fourth-order valence-electron chi connectivity index (χ4n) is 6.54. The molecule has 43 heavy (non-hydrogen) atoms. The molecule has 1 aromatic heterocycles. The van der Waals surface area contributed by atoms with Crippen LogP contribution in [-0.4, -0.2) is 56.4 Å². The number of carbonyl (C=O) groups excluding carboxylic acids is 1. The van der Waals surface area contributed by atoms with Gasteiger partial charge in [0.2, 0.25) is 5.91 Å². The second kappa shape index (κ2) is 11.9. The number of carbonyl (C=O) groups is 1. The first kappa shape index (κ1) is 29.5. The number of thiol groups is 1. The molecule has 1 aliphatic heterocycles. The van der Waals surface area contributed by atoms with Gasteiger partial charge in [-0.05, 0) is 81.5 Å². The lowest BCUT2D eigenvalue weighted by molar-refractivity contribution is -0.127. The average Bonchev–Trinajstić information content (AvgIpc) is 3.64. The molecule has 10 heteroatoms. The highest BCUT2D eigenvalue weighted by Crippen LogP contribution is 2.43. The van der Waals surface area contributed by atoms with Crippen LogP contribution in [0.3, 0.4) is 0 Å². The van der Waals surface area contributed by atoms with Gasteiger partial charge in [0.25, 0.3) is 0 Å². The van der Waals surface area contributed by atoms with Gasteiger partial charge in [0, 0.05) is 53.9 Å². The van der Waals surface area contributed by atoms with Crippen molar-refractivity contribution in [2.24, 2.45) is 10.3 Å². The molecular formula is C33H41FN6O2S. The standard InChI is InChI=1S/C33H41FN6O2S/c1-23(2)38-43(42)19-17-39(18-20-43)26-11-7-24(8-12-26)30-21-40(27-13-9-25(34)10-14-27)37-31(30)28-5-3-4-6-29(28)32(41)36-33(22-35)15-16-33/h7-14,21,23,28-29,43H,3-6,15-20H2,1-2H3,(H,36,41)(H,38,42)/t28-,29-/m1/s1. The molecule has 0 spiro atoms. The van der Waals surface area contributed by atoms with Crippen LogP contribution < -0.4 is 10.2 Å². The summed E-state index contributed by atoms with van der Waals surface area (Å²) >= 11 is 0. The van der Waals surface area contributed by atoms with Crippen LogP contribution in [0.5, 0.6) is 0 Å². The molecule has 1 amide bonds. The third-order valence-electron chi connectivity index (χ3n) is 9.06. The van der Waals surface area contributed by atoms with Crippen LogP contribution in [0.4, 0.5) is 10.1 Å². The zero-order valence-electron chi connectivity index (χ0n) is 24.9. The number of nitriles is 1. The van der Waals surface area contributed by atoms with Gasteiger partial charge in [0.05, 0.1) is 23.5 Å². The Morgan fingerprint density at radius 1 is 1.09 bits per heavy atom. The molecule has 8 nitrogen and oxygen atoms in total. The quantitative estimate of drug-likeness (QED) is 0.292. The summed E-state index contributed by atoms with van der Waals surface area (Å²) in [6.07, 6.45) is 6.96. The highest BCUT2D eigenvalue weighted by Gasteiger charge is 2.47. The van der Waals surface area contributed by atoms with Crippen LogP contribution in [0.1, 0.15) is 64.0 Å². The molecule has 0 bridgehead atoms. The predicted octanol–water partition coefficient (Wildman–Crippen LogP) is 5.90. The number of anilines is 1. The molecule has 6 rings (SSSR count). The summed E-state index contributed by atoms with van der Waals surface area (Å²) in [6, 6.07) is 17.1. The van der Waals surface area contributed by atoms with Gasteiger partial charge >= 0.3 is 0 Å². The summed E-state index contributed by atoms with van der Waals surface area (Å²) in [5.74, 6) is 0.699. The SMILES string of the molecule is CC(C)N=[SH]1(O)CCN(c2ccc(-c3cn(-c4ccc(F)cc4)nc3[C@@H]3CCCC[C@H]3C(=O)NC3(C#N)CC3)cc2)CC1. The number of benzene rings is 2. The molecule has 3 fully saturated rings. The van der Waals surface area contributed by atoms with E-state index in [1.807, 2.05) is 20.0 Å². The summed E-state index contributed by atoms with van der Waals surface area (Å²) in [7, 11) is -2.21. The highest BCUT2D eigenvalue weighted by atomic mass is 32.3. The summed E-state index contributed by atoms with van der Waals surface area (Å²) < 4.78 is 31.1. The molecule has 2 aromatic carbocycles. The number of aromatic nitrogens is 2. The summed E-state index contributed by atoms with van der Waals surface area (Å²) in [5, 5.41) is 17.7. The lowest BCUT2D eigenvalue weighted by Gasteiger charge is -2.37. The van der Waals surface area contributed by atoms with Crippen molar-refractivity contribution in [3.8, 4) is 22.9 Å². The Kier molecular flexibility index (Phi) is 8.14. The van der Waals surface area contributed by atoms with Crippen molar-refractivity contribution in [2.75, 3.05) is 29.5 Å². The van der Waals surface area contributed by atoms with Crippen LogP contribution in [0.15, 0.2) is 59.1 Å². The van der Waals surface area contributed by atoms with Crippen molar-refractivity contribution in [2.45, 2.75) is 69.9 Å². The lowest BCUT2D eigenvalue weighted by atomic mass is 9.75. The van der Waals surface area contributed by atoms with E-state index in [-0.39, 0.29) is 29.6 Å². The Hall–Kier alpha value is -3.55. The molecule has 2 aliphatic carbocycles. The van der Waals surface area contributed by atoms with Gasteiger partial charge < -0.3 is 14.8 Å². The first-order chi connectivity index (χ1) is 20.7. The number of amides is 1. The van der Waals surface area contributed by atoms with Crippen molar-refractivity contribution >= 4 is 21.7 Å². The fraction of sp³-hybridized carbons (Fsp3) is 0.485. The first-order valence-electron chi connectivity index (χ1n) is 15.4. The summed E-state index contributed by atoms with van der Waals surface area (Å²) in [4.78, 5) is 15.8. The minimum absolute atomic E-state index is 0.0570. The second-order valence-electron chi connectivity index (χ2n) is 12.6. The zero-order chi connectivity index (χ0) is 30.2. The largest absolute Gasteiger partial charge is 0.370 e. The Morgan fingerprint density at radius 2 is 1.74 bits per heavy atom. The molecule has 2 saturated carbocycles. The van der Waals surface area contributed by atoms with Crippen LogP contribution in [0.25, 0.3) is 16.8 Å². The van der Waals surface area contributed by atoms with Crippen molar-refractivity contribution in [1.29, 1.82) is 5.26 Å². The number of hydrogen-bond donors (Lipinski definition) is 3. The van der Waals surface area contributed by atoms with Crippen LogP contribution in [0, 0.1) is 23.1 Å². The minimum Gasteiger partial charge on any atom is -0.370 e. The third kappa shape index (κ3) is 6.38. The third-order valence-corrected chi connectivity index (χ3v) is 11.8.